The molecule has 0 unspecified atom stereocenters. The SMILES string of the molecule is Cc1n[nH]c(C)c1CCNC(=O)[C@@H]1COc2ccccc2C1. The van der Waals surface area contributed by atoms with Crippen molar-refractivity contribution in [3.05, 3.63) is 46.8 Å². The minimum Gasteiger partial charge on any atom is -0.492 e. The molecule has 0 fully saturated rings. The summed E-state index contributed by atoms with van der Waals surface area (Å²) >= 11 is 0. The maximum Gasteiger partial charge on any atom is 0.226 e. The number of fused-ring (bicyclic) bond motifs is 1. The minimum absolute atomic E-state index is 0.0632. The molecule has 116 valence electrons. The molecule has 2 aromatic rings. The second kappa shape index (κ2) is 6.22. The number of aromatic amines is 1. The second-order valence-electron chi connectivity index (χ2n) is 5.77. The molecule has 1 aromatic carbocycles. The van der Waals surface area contributed by atoms with Gasteiger partial charge in [0, 0.05) is 12.2 Å². The minimum atomic E-state index is -0.110. The number of carbonyl (C=O) groups excluding carboxylic acids is 1. The maximum atomic E-state index is 12.3. The van der Waals surface area contributed by atoms with Crippen LogP contribution in [-0.4, -0.2) is 29.3 Å². The fraction of sp³-hybridized carbons (Fsp3) is 0.412. The van der Waals surface area contributed by atoms with Crippen LogP contribution in [-0.2, 0) is 17.6 Å². The molecule has 0 radical (unpaired) electrons. The first kappa shape index (κ1) is 14.6. The summed E-state index contributed by atoms with van der Waals surface area (Å²) in [6, 6.07) is 7.91. The number of H-pyrrole nitrogens is 1. The van der Waals surface area contributed by atoms with Crippen LogP contribution in [0.1, 0.15) is 22.5 Å². The van der Waals surface area contributed by atoms with E-state index in [9.17, 15) is 4.79 Å². The number of ether oxygens (including phenoxy) is 1. The van der Waals surface area contributed by atoms with Crippen LogP contribution in [0.3, 0.4) is 0 Å². The Morgan fingerprint density at radius 2 is 2.23 bits per heavy atom. The predicted octanol–water partition coefficient (Wildman–Crippen LogP) is 1.94. The fourth-order valence-electron chi connectivity index (χ4n) is 2.89. The highest BCUT2D eigenvalue weighted by Crippen LogP contribution is 2.26. The molecular formula is C17H21N3O2. The fourth-order valence-corrected chi connectivity index (χ4v) is 2.89. The lowest BCUT2D eigenvalue weighted by Gasteiger charge is -2.24. The number of amides is 1. The quantitative estimate of drug-likeness (QED) is 0.906. The summed E-state index contributed by atoms with van der Waals surface area (Å²) in [5.74, 6) is 0.853. The van der Waals surface area contributed by atoms with E-state index in [-0.39, 0.29) is 11.8 Å². The molecule has 0 saturated heterocycles. The number of nitrogens with zero attached hydrogens (tertiary/aromatic N) is 1. The van der Waals surface area contributed by atoms with Crippen LogP contribution < -0.4 is 10.1 Å². The largest absolute Gasteiger partial charge is 0.492 e. The van der Waals surface area contributed by atoms with Crippen molar-refractivity contribution in [2.45, 2.75) is 26.7 Å². The van der Waals surface area contributed by atoms with Crippen LogP contribution in [0.4, 0.5) is 0 Å². The molecule has 1 amide bonds. The van der Waals surface area contributed by atoms with E-state index >= 15 is 0 Å². The van der Waals surface area contributed by atoms with Crippen molar-refractivity contribution < 1.29 is 9.53 Å². The standard InChI is InChI=1S/C17H21N3O2/c1-11-15(12(2)20-19-11)7-8-18-17(21)14-9-13-5-3-4-6-16(13)22-10-14/h3-6,14H,7-10H2,1-2H3,(H,18,21)(H,19,20)/t14-/m0/s1. The van der Waals surface area contributed by atoms with Gasteiger partial charge in [-0.05, 0) is 43.9 Å². The number of rotatable bonds is 4. The number of nitrogens with one attached hydrogen (secondary N) is 2. The van der Waals surface area contributed by atoms with Gasteiger partial charge in [-0.25, -0.2) is 0 Å². The molecule has 5 nitrogen and oxygen atoms in total. The highest BCUT2D eigenvalue weighted by Gasteiger charge is 2.25. The smallest absolute Gasteiger partial charge is 0.226 e. The Morgan fingerprint density at radius 1 is 1.41 bits per heavy atom. The molecule has 5 heteroatoms. The van der Waals surface area contributed by atoms with Crippen LogP contribution in [0.25, 0.3) is 0 Å². The van der Waals surface area contributed by atoms with Crippen LogP contribution >= 0.6 is 0 Å². The summed E-state index contributed by atoms with van der Waals surface area (Å²) in [6.07, 6.45) is 1.54. The van der Waals surface area contributed by atoms with E-state index < -0.39 is 0 Å². The van der Waals surface area contributed by atoms with E-state index in [1.807, 2.05) is 38.1 Å². The van der Waals surface area contributed by atoms with E-state index in [2.05, 4.69) is 15.5 Å². The number of hydrogen-bond donors (Lipinski definition) is 2. The van der Waals surface area contributed by atoms with Gasteiger partial charge in [-0.1, -0.05) is 18.2 Å². The van der Waals surface area contributed by atoms with Crippen molar-refractivity contribution in [3.8, 4) is 5.75 Å². The van der Waals surface area contributed by atoms with Gasteiger partial charge in [0.05, 0.1) is 11.6 Å². The first-order valence-electron chi connectivity index (χ1n) is 7.64. The molecule has 2 N–H and O–H groups in total. The Hall–Kier alpha value is -2.30. The van der Waals surface area contributed by atoms with Gasteiger partial charge in [0.15, 0.2) is 0 Å². The molecule has 0 saturated carbocycles. The van der Waals surface area contributed by atoms with E-state index in [4.69, 9.17) is 4.74 Å². The number of hydrogen-bond acceptors (Lipinski definition) is 3. The van der Waals surface area contributed by atoms with Crippen molar-refractivity contribution in [1.29, 1.82) is 0 Å². The van der Waals surface area contributed by atoms with Crippen molar-refractivity contribution in [2.24, 2.45) is 5.92 Å². The summed E-state index contributed by atoms with van der Waals surface area (Å²) in [4.78, 5) is 12.3. The number of benzene rings is 1. The lowest BCUT2D eigenvalue weighted by Crippen LogP contribution is -2.38. The molecule has 0 aliphatic carbocycles. The number of carbonyl (C=O) groups is 1. The lowest BCUT2D eigenvalue weighted by molar-refractivity contribution is -0.126. The molecule has 3 rings (SSSR count). The molecule has 1 aliphatic heterocycles. The number of aryl methyl sites for hydroxylation is 2. The third-order valence-corrected chi connectivity index (χ3v) is 4.20. The average molecular weight is 299 g/mol. The van der Waals surface area contributed by atoms with Crippen molar-refractivity contribution in [1.82, 2.24) is 15.5 Å². The van der Waals surface area contributed by atoms with Crippen LogP contribution in [0, 0.1) is 19.8 Å². The predicted molar refractivity (Wildman–Crippen MR) is 83.9 cm³/mol. The highest BCUT2D eigenvalue weighted by molar-refractivity contribution is 5.79. The first-order valence-corrected chi connectivity index (χ1v) is 7.64. The zero-order chi connectivity index (χ0) is 15.5. The molecule has 0 spiro atoms. The zero-order valence-electron chi connectivity index (χ0n) is 13.0. The molecule has 1 atom stereocenters. The van der Waals surface area contributed by atoms with Gasteiger partial charge < -0.3 is 10.1 Å². The topological polar surface area (TPSA) is 67.0 Å². The van der Waals surface area contributed by atoms with Crippen molar-refractivity contribution in [3.63, 3.8) is 0 Å². The van der Waals surface area contributed by atoms with E-state index in [0.717, 1.165) is 35.5 Å². The number of aromatic nitrogens is 2. The summed E-state index contributed by atoms with van der Waals surface area (Å²) in [7, 11) is 0. The van der Waals surface area contributed by atoms with Gasteiger partial charge in [-0.2, -0.15) is 5.10 Å². The third-order valence-electron chi connectivity index (χ3n) is 4.20. The Morgan fingerprint density at radius 3 is 3.00 bits per heavy atom. The van der Waals surface area contributed by atoms with Gasteiger partial charge in [0.1, 0.15) is 12.4 Å². The molecule has 1 aliphatic rings. The monoisotopic (exact) mass is 299 g/mol. The lowest BCUT2D eigenvalue weighted by atomic mass is 9.96. The Labute approximate surface area is 130 Å². The van der Waals surface area contributed by atoms with Gasteiger partial charge >= 0.3 is 0 Å². The van der Waals surface area contributed by atoms with E-state index in [1.165, 1.54) is 5.56 Å². The van der Waals surface area contributed by atoms with Gasteiger partial charge in [-0.3, -0.25) is 9.89 Å². The molecule has 0 bridgehead atoms. The molecular weight excluding hydrogens is 278 g/mol. The third kappa shape index (κ3) is 2.98. The Kier molecular flexibility index (Phi) is 4.13. The summed E-state index contributed by atoms with van der Waals surface area (Å²) < 4.78 is 5.67. The van der Waals surface area contributed by atoms with Crippen LogP contribution in [0.2, 0.25) is 0 Å². The summed E-state index contributed by atoms with van der Waals surface area (Å²) in [5, 5.41) is 10.2. The molecule has 1 aromatic heterocycles. The van der Waals surface area contributed by atoms with E-state index in [0.29, 0.717) is 13.2 Å². The molecule has 22 heavy (non-hydrogen) atoms. The Balaban J connectivity index is 1.53. The maximum absolute atomic E-state index is 12.3. The molecule has 2 heterocycles. The normalized spacial score (nSPS) is 16.7. The zero-order valence-corrected chi connectivity index (χ0v) is 13.0. The van der Waals surface area contributed by atoms with Crippen molar-refractivity contribution >= 4 is 5.91 Å². The van der Waals surface area contributed by atoms with Crippen molar-refractivity contribution in [2.75, 3.05) is 13.2 Å². The number of para-hydroxylation sites is 1. The van der Waals surface area contributed by atoms with Gasteiger partial charge in [0.2, 0.25) is 5.91 Å². The van der Waals surface area contributed by atoms with Crippen LogP contribution in [0.5, 0.6) is 5.75 Å². The summed E-state index contributed by atoms with van der Waals surface area (Å²) in [5.41, 5.74) is 4.37. The van der Waals surface area contributed by atoms with Gasteiger partial charge in [0.25, 0.3) is 0 Å². The van der Waals surface area contributed by atoms with Gasteiger partial charge in [-0.15, -0.1) is 0 Å². The highest BCUT2D eigenvalue weighted by atomic mass is 16.5. The van der Waals surface area contributed by atoms with E-state index in [1.54, 1.807) is 0 Å². The summed E-state index contributed by atoms with van der Waals surface area (Å²) in [6.45, 7) is 5.06. The Bertz CT molecular complexity index is 659. The average Bonchev–Trinajstić information content (AvgIpc) is 2.86. The second-order valence-corrected chi connectivity index (χ2v) is 5.77. The first-order chi connectivity index (χ1) is 10.6. The van der Waals surface area contributed by atoms with Crippen LogP contribution in [0.15, 0.2) is 24.3 Å².